The predicted octanol–water partition coefficient (Wildman–Crippen LogP) is 6.83. The molecule has 0 radical (unpaired) electrons. The molecular weight excluding hydrogens is 386 g/mol. The first-order chi connectivity index (χ1) is 15.6. The van der Waals surface area contributed by atoms with Crippen LogP contribution >= 0.6 is 0 Å². The number of hydrogen-bond donors (Lipinski definition) is 0. The first-order valence-electron chi connectivity index (χ1n) is 11.1. The van der Waals surface area contributed by atoms with Crippen molar-refractivity contribution in [1.29, 1.82) is 0 Å². The quantitative estimate of drug-likeness (QED) is 0.305. The molecule has 1 heterocycles. The van der Waals surface area contributed by atoms with Gasteiger partial charge in [0.2, 0.25) is 0 Å². The number of fused-ring (bicyclic) bond motifs is 2. The number of nitrogens with zero attached hydrogens (tertiary/aromatic N) is 1. The van der Waals surface area contributed by atoms with Gasteiger partial charge in [0.25, 0.3) is 0 Å². The number of aromatic nitrogens is 1. The van der Waals surface area contributed by atoms with Crippen molar-refractivity contribution in [3.63, 3.8) is 0 Å². The molecule has 0 unspecified atom stereocenters. The normalized spacial score (nSPS) is 12.7. The molecule has 1 aromatic heterocycles. The highest BCUT2D eigenvalue weighted by Gasteiger charge is 2.12. The Kier molecular flexibility index (Phi) is 5.03. The molecule has 32 heavy (non-hydrogen) atoms. The monoisotopic (exact) mass is 413 g/mol. The first-order valence-corrected chi connectivity index (χ1v) is 11.1. The minimum atomic E-state index is 1.19. The minimum Gasteiger partial charge on any atom is -0.310 e. The van der Waals surface area contributed by atoms with Gasteiger partial charge in [-0.05, 0) is 78.1 Å². The van der Waals surface area contributed by atoms with Gasteiger partial charge in [0.05, 0.1) is 5.52 Å². The molecule has 0 aliphatic heterocycles. The Morgan fingerprint density at radius 1 is 0.781 bits per heavy atom. The SMILES string of the molecule is C=C/C=c1\c(=C/C)n(-c2cc(C)cc(C)c2)c2ccc(-c3cccc4ccccc34)cc12. The van der Waals surface area contributed by atoms with Crippen LogP contribution in [0.1, 0.15) is 18.1 Å². The van der Waals surface area contributed by atoms with E-state index in [0.717, 1.165) is 0 Å². The van der Waals surface area contributed by atoms with Crippen LogP contribution in [0.25, 0.3) is 50.6 Å². The number of hydrogen-bond acceptors (Lipinski definition) is 0. The van der Waals surface area contributed by atoms with Crippen LogP contribution in [0.2, 0.25) is 0 Å². The Labute approximate surface area is 189 Å². The lowest BCUT2D eigenvalue weighted by Gasteiger charge is -2.11. The van der Waals surface area contributed by atoms with Crippen molar-refractivity contribution in [1.82, 2.24) is 4.57 Å². The van der Waals surface area contributed by atoms with Crippen LogP contribution in [-0.2, 0) is 0 Å². The molecule has 0 fully saturated rings. The highest BCUT2D eigenvalue weighted by atomic mass is 15.0. The average Bonchev–Trinajstić information content (AvgIpc) is 3.11. The summed E-state index contributed by atoms with van der Waals surface area (Å²) >= 11 is 0. The fourth-order valence-corrected chi connectivity index (χ4v) is 4.92. The molecule has 0 aliphatic carbocycles. The zero-order chi connectivity index (χ0) is 22.2. The molecule has 0 amide bonds. The van der Waals surface area contributed by atoms with Gasteiger partial charge in [-0.3, -0.25) is 0 Å². The van der Waals surface area contributed by atoms with Crippen LogP contribution in [0.3, 0.4) is 0 Å². The smallest absolute Gasteiger partial charge is 0.0541 e. The van der Waals surface area contributed by atoms with Gasteiger partial charge in [0.15, 0.2) is 0 Å². The molecule has 4 aromatic carbocycles. The van der Waals surface area contributed by atoms with Gasteiger partial charge in [0.1, 0.15) is 0 Å². The summed E-state index contributed by atoms with van der Waals surface area (Å²) in [5.41, 5.74) is 7.43. The molecule has 5 rings (SSSR count). The largest absolute Gasteiger partial charge is 0.310 e. The summed E-state index contributed by atoms with van der Waals surface area (Å²) < 4.78 is 2.37. The van der Waals surface area contributed by atoms with E-state index in [2.05, 4.69) is 123 Å². The number of aryl methyl sites for hydroxylation is 2. The summed E-state index contributed by atoms with van der Waals surface area (Å²) in [6, 6.07) is 28.7. The van der Waals surface area contributed by atoms with Crippen LogP contribution in [0.4, 0.5) is 0 Å². The van der Waals surface area contributed by atoms with E-state index in [-0.39, 0.29) is 0 Å². The summed E-state index contributed by atoms with van der Waals surface area (Å²) in [6.45, 7) is 10.4. The number of rotatable bonds is 3. The Morgan fingerprint density at radius 2 is 1.53 bits per heavy atom. The van der Waals surface area contributed by atoms with Gasteiger partial charge in [0, 0.05) is 21.6 Å². The van der Waals surface area contributed by atoms with Crippen molar-refractivity contribution in [3.8, 4) is 16.8 Å². The van der Waals surface area contributed by atoms with Crippen molar-refractivity contribution in [2.24, 2.45) is 0 Å². The number of allylic oxidation sites excluding steroid dienone is 1. The molecule has 0 aliphatic rings. The topological polar surface area (TPSA) is 4.93 Å². The highest BCUT2D eigenvalue weighted by molar-refractivity contribution is 5.99. The second-order valence-corrected chi connectivity index (χ2v) is 8.43. The van der Waals surface area contributed by atoms with E-state index in [4.69, 9.17) is 0 Å². The molecule has 1 nitrogen and oxygen atoms in total. The molecule has 156 valence electrons. The third-order valence-corrected chi connectivity index (χ3v) is 6.17. The molecule has 0 saturated carbocycles. The zero-order valence-corrected chi connectivity index (χ0v) is 18.9. The van der Waals surface area contributed by atoms with Crippen LogP contribution in [-0.4, -0.2) is 4.57 Å². The summed E-state index contributed by atoms with van der Waals surface area (Å²) in [5.74, 6) is 0. The second-order valence-electron chi connectivity index (χ2n) is 8.43. The van der Waals surface area contributed by atoms with Crippen LogP contribution in [0.5, 0.6) is 0 Å². The molecule has 1 heteroatoms. The first kappa shape index (κ1) is 20.1. The Hall–Kier alpha value is -3.84. The van der Waals surface area contributed by atoms with Crippen LogP contribution < -0.4 is 10.6 Å². The summed E-state index contributed by atoms with van der Waals surface area (Å²) in [7, 11) is 0. The Bertz CT molecular complexity index is 1590. The Morgan fingerprint density at radius 3 is 2.28 bits per heavy atom. The lowest BCUT2D eigenvalue weighted by molar-refractivity contribution is 1.06. The molecule has 5 aromatic rings. The van der Waals surface area contributed by atoms with E-state index >= 15 is 0 Å². The molecular formula is C31H27N. The lowest BCUT2D eigenvalue weighted by atomic mass is 9.97. The third-order valence-electron chi connectivity index (χ3n) is 6.17. The predicted molar refractivity (Wildman–Crippen MR) is 140 cm³/mol. The van der Waals surface area contributed by atoms with Crippen molar-refractivity contribution in [2.45, 2.75) is 20.8 Å². The average molecular weight is 414 g/mol. The summed E-state index contributed by atoms with van der Waals surface area (Å²) in [6.07, 6.45) is 6.21. The fraction of sp³-hybridized carbons (Fsp3) is 0.0968. The molecule has 0 bridgehead atoms. The van der Waals surface area contributed by atoms with Gasteiger partial charge in [-0.1, -0.05) is 79.4 Å². The lowest BCUT2D eigenvalue weighted by Crippen LogP contribution is -2.28. The van der Waals surface area contributed by atoms with E-state index < -0.39 is 0 Å². The van der Waals surface area contributed by atoms with E-state index in [1.165, 1.54) is 60.2 Å². The van der Waals surface area contributed by atoms with E-state index in [0.29, 0.717) is 0 Å². The van der Waals surface area contributed by atoms with Gasteiger partial charge < -0.3 is 4.57 Å². The molecule has 0 spiro atoms. The minimum absolute atomic E-state index is 1.19. The maximum absolute atomic E-state index is 3.99. The Balaban J connectivity index is 1.87. The van der Waals surface area contributed by atoms with Gasteiger partial charge in [-0.2, -0.15) is 0 Å². The van der Waals surface area contributed by atoms with Crippen molar-refractivity contribution in [2.75, 3.05) is 0 Å². The summed E-state index contributed by atoms with van der Waals surface area (Å²) in [5, 5.41) is 6.18. The zero-order valence-electron chi connectivity index (χ0n) is 18.9. The van der Waals surface area contributed by atoms with Gasteiger partial charge in [-0.15, -0.1) is 0 Å². The third kappa shape index (κ3) is 3.27. The molecule has 0 atom stereocenters. The second kappa shape index (κ2) is 8.01. The van der Waals surface area contributed by atoms with E-state index in [9.17, 15) is 0 Å². The maximum Gasteiger partial charge on any atom is 0.0541 e. The van der Waals surface area contributed by atoms with E-state index in [1.807, 2.05) is 6.08 Å². The summed E-state index contributed by atoms with van der Waals surface area (Å²) in [4.78, 5) is 0. The van der Waals surface area contributed by atoms with Crippen LogP contribution in [0, 0.1) is 13.8 Å². The van der Waals surface area contributed by atoms with Crippen molar-refractivity contribution in [3.05, 3.63) is 113 Å². The molecule has 0 N–H and O–H groups in total. The van der Waals surface area contributed by atoms with Crippen molar-refractivity contribution < 1.29 is 0 Å². The van der Waals surface area contributed by atoms with E-state index in [1.54, 1.807) is 0 Å². The molecule has 0 saturated heterocycles. The van der Waals surface area contributed by atoms with Crippen LogP contribution in [0.15, 0.2) is 91.5 Å². The fourth-order valence-electron chi connectivity index (χ4n) is 4.92. The van der Waals surface area contributed by atoms with Crippen molar-refractivity contribution >= 4 is 33.8 Å². The van der Waals surface area contributed by atoms with Gasteiger partial charge in [-0.25, -0.2) is 0 Å². The number of benzene rings is 4. The van der Waals surface area contributed by atoms with Gasteiger partial charge >= 0.3 is 0 Å². The highest BCUT2D eigenvalue weighted by Crippen LogP contribution is 2.30. The maximum atomic E-state index is 3.99. The standard InChI is InChI=1S/C31H27N/c1-5-10-28-29-20-24(27-14-9-12-23-11-7-8-13-26(23)27)15-16-31(29)32(30(28)6-2)25-18-21(3)17-22(4)19-25/h5-20H,1H2,2-4H3/b28-10-,30-6+.